The molecule has 3 heterocycles. The van der Waals surface area contributed by atoms with Crippen LogP contribution in [0.3, 0.4) is 0 Å². The van der Waals surface area contributed by atoms with E-state index in [-0.39, 0.29) is 11.9 Å². The highest BCUT2D eigenvalue weighted by Gasteiger charge is 2.72. The SMILES string of the molecule is COc1ccc2c3c1OC1c4nc5ccccc5c(NC(C)=O)c4CC4(O)[C@H](C2)N(C)CC[C@]314. The van der Waals surface area contributed by atoms with Gasteiger partial charge in [-0.1, -0.05) is 24.3 Å². The molecule has 1 amide bonds. The number of para-hydroxylation sites is 1. The van der Waals surface area contributed by atoms with Crippen molar-refractivity contribution >= 4 is 22.5 Å². The van der Waals surface area contributed by atoms with Crippen LogP contribution in [-0.2, 0) is 23.1 Å². The van der Waals surface area contributed by atoms with Crippen LogP contribution in [0.4, 0.5) is 5.69 Å². The molecule has 2 N–H and O–H groups in total. The number of amides is 1. The van der Waals surface area contributed by atoms with Gasteiger partial charge in [-0.2, -0.15) is 0 Å². The number of aliphatic hydroxyl groups is 1. The number of aromatic nitrogens is 1. The van der Waals surface area contributed by atoms with Crippen molar-refractivity contribution in [2.24, 2.45) is 0 Å². The van der Waals surface area contributed by atoms with Gasteiger partial charge in [-0.15, -0.1) is 0 Å². The van der Waals surface area contributed by atoms with E-state index in [9.17, 15) is 9.90 Å². The molecule has 1 aromatic heterocycles. The number of likely N-dealkylation sites (tertiary alicyclic amines) is 1. The van der Waals surface area contributed by atoms with Gasteiger partial charge in [0, 0.05) is 35.9 Å². The first-order chi connectivity index (χ1) is 16.4. The number of likely N-dealkylation sites (N-methyl/N-ethyl adjacent to an activating group) is 1. The van der Waals surface area contributed by atoms with Crippen molar-refractivity contribution in [3.05, 3.63) is 58.8 Å². The lowest BCUT2D eigenvalue weighted by Gasteiger charge is -2.62. The Labute approximate surface area is 197 Å². The number of nitrogens with zero attached hydrogens (tertiary/aromatic N) is 2. The number of methoxy groups -OCH3 is 1. The number of benzene rings is 2. The minimum atomic E-state index is -1.07. The van der Waals surface area contributed by atoms with Crippen LogP contribution in [0.25, 0.3) is 10.9 Å². The zero-order chi connectivity index (χ0) is 23.4. The first kappa shape index (κ1) is 20.2. The number of anilines is 1. The summed E-state index contributed by atoms with van der Waals surface area (Å²) in [5, 5.41) is 16.7. The van der Waals surface area contributed by atoms with Crippen LogP contribution < -0.4 is 14.8 Å². The highest BCUT2D eigenvalue weighted by atomic mass is 16.5. The van der Waals surface area contributed by atoms with Gasteiger partial charge >= 0.3 is 0 Å². The van der Waals surface area contributed by atoms with Crippen molar-refractivity contribution in [3.8, 4) is 11.5 Å². The fourth-order valence-electron chi connectivity index (χ4n) is 7.33. The summed E-state index contributed by atoms with van der Waals surface area (Å²) in [7, 11) is 3.75. The number of nitrogens with one attached hydrogen (secondary N) is 1. The Morgan fingerprint density at radius 1 is 1.29 bits per heavy atom. The molecule has 4 aliphatic rings. The standard InChI is InChI=1S/C27H27N3O4/c1-14(31)28-22-16-6-4-5-7-18(16)29-23-17(22)13-27(32)20-12-15-8-9-19(33-3)24-21(15)26(27,25(23)34-24)10-11-30(20)2/h4-9,20,25,32H,10-13H2,1-3H3,(H,28,29,31)/t20-,25?,26-,27?/m0/s1. The van der Waals surface area contributed by atoms with Crippen molar-refractivity contribution in [1.29, 1.82) is 0 Å². The quantitative estimate of drug-likeness (QED) is 0.615. The molecule has 4 atom stereocenters. The molecule has 1 fully saturated rings. The third-order valence-corrected chi connectivity index (χ3v) is 8.71. The van der Waals surface area contributed by atoms with E-state index in [1.807, 2.05) is 30.3 Å². The van der Waals surface area contributed by atoms with E-state index in [0.29, 0.717) is 12.2 Å². The lowest BCUT2D eigenvalue weighted by molar-refractivity contribution is -0.167. The van der Waals surface area contributed by atoms with Crippen LogP contribution in [0.5, 0.6) is 11.5 Å². The summed E-state index contributed by atoms with van der Waals surface area (Å²) in [4.78, 5) is 19.7. The summed E-state index contributed by atoms with van der Waals surface area (Å²) >= 11 is 0. The van der Waals surface area contributed by atoms with E-state index in [4.69, 9.17) is 14.5 Å². The molecule has 3 aromatic rings. The number of hydrogen-bond donors (Lipinski definition) is 2. The van der Waals surface area contributed by atoms with E-state index in [1.165, 1.54) is 12.5 Å². The molecule has 7 nitrogen and oxygen atoms in total. The number of hydrogen-bond acceptors (Lipinski definition) is 6. The predicted molar refractivity (Wildman–Crippen MR) is 127 cm³/mol. The average molecular weight is 458 g/mol. The summed E-state index contributed by atoms with van der Waals surface area (Å²) in [6.07, 6.45) is 1.45. The summed E-state index contributed by atoms with van der Waals surface area (Å²) < 4.78 is 12.5. The van der Waals surface area contributed by atoms with Gasteiger partial charge < -0.3 is 24.8 Å². The molecular formula is C27H27N3O4. The number of carbonyl (C=O) groups is 1. The summed E-state index contributed by atoms with van der Waals surface area (Å²) in [6, 6.07) is 11.9. The van der Waals surface area contributed by atoms with Gasteiger partial charge in [0.15, 0.2) is 17.6 Å². The maximum absolute atomic E-state index is 12.7. The second-order valence-corrected chi connectivity index (χ2v) is 10.2. The number of ether oxygens (including phenoxy) is 2. The molecule has 0 radical (unpaired) electrons. The Morgan fingerprint density at radius 2 is 2.12 bits per heavy atom. The molecule has 2 aliphatic heterocycles. The third kappa shape index (κ3) is 2.20. The molecule has 1 saturated heterocycles. The van der Waals surface area contributed by atoms with Gasteiger partial charge in [-0.25, -0.2) is 4.98 Å². The highest BCUT2D eigenvalue weighted by Crippen LogP contribution is 2.69. The van der Waals surface area contributed by atoms with Gasteiger partial charge in [-0.3, -0.25) is 4.79 Å². The van der Waals surface area contributed by atoms with Crippen LogP contribution in [0.15, 0.2) is 36.4 Å². The monoisotopic (exact) mass is 457 g/mol. The molecule has 174 valence electrons. The Kier molecular flexibility index (Phi) is 3.86. The molecule has 1 spiro atoms. The van der Waals surface area contributed by atoms with Gasteiger partial charge in [0.05, 0.1) is 35.0 Å². The second kappa shape index (κ2) is 6.49. The minimum absolute atomic E-state index is 0.0657. The summed E-state index contributed by atoms with van der Waals surface area (Å²) in [5.41, 5.74) is 3.83. The van der Waals surface area contributed by atoms with Crippen molar-refractivity contribution in [1.82, 2.24) is 9.88 Å². The Balaban J connectivity index is 1.59. The van der Waals surface area contributed by atoms with Crippen molar-refractivity contribution < 1.29 is 19.4 Å². The largest absolute Gasteiger partial charge is 0.493 e. The van der Waals surface area contributed by atoms with E-state index < -0.39 is 17.1 Å². The number of rotatable bonds is 2. The van der Waals surface area contributed by atoms with E-state index in [0.717, 1.165) is 58.5 Å². The summed E-state index contributed by atoms with van der Waals surface area (Å²) in [6.45, 7) is 2.38. The van der Waals surface area contributed by atoms with Crippen LogP contribution in [0.1, 0.15) is 41.8 Å². The number of fused-ring (bicyclic) bond motifs is 3. The van der Waals surface area contributed by atoms with Crippen molar-refractivity contribution in [2.75, 3.05) is 26.0 Å². The van der Waals surface area contributed by atoms with Crippen LogP contribution >= 0.6 is 0 Å². The third-order valence-electron chi connectivity index (χ3n) is 8.71. The fourth-order valence-corrected chi connectivity index (χ4v) is 7.33. The lowest BCUT2D eigenvalue weighted by atomic mass is 9.49. The maximum Gasteiger partial charge on any atom is 0.221 e. The van der Waals surface area contributed by atoms with Crippen molar-refractivity contribution in [3.63, 3.8) is 0 Å². The van der Waals surface area contributed by atoms with Crippen LogP contribution in [0.2, 0.25) is 0 Å². The van der Waals surface area contributed by atoms with Gasteiger partial charge in [0.1, 0.15) is 0 Å². The number of piperidine rings is 1. The minimum Gasteiger partial charge on any atom is -0.493 e. The van der Waals surface area contributed by atoms with Crippen LogP contribution in [0, 0.1) is 0 Å². The molecule has 7 rings (SSSR count). The van der Waals surface area contributed by atoms with E-state index in [2.05, 4.69) is 23.3 Å². The molecule has 7 heteroatoms. The first-order valence-electron chi connectivity index (χ1n) is 11.9. The number of carbonyl (C=O) groups excluding carboxylic acids is 1. The smallest absolute Gasteiger partial charge is 0.221 e. The highest BCUT2D eigenvalue weighted by molar-refractivity contribution is 6.02. The van der Waals surface area contributed by atoms with Gasteiger partial charge in [0.2, 0.25) is 5.91 Å². The van der Waals surface area contributed by atoms with E-state index >= 15 is 0 Å². The molecule has 2 aliphatic carbocycles. The molecular weight excluding hydrogens is 430 g/mol. The maximum atomic E-state index is 12.7. The molecule has 0 saturated carbocycles. The van der Waals surface area contributed by atoms with Crippen LogP contribution in [-0.4, -0.2) is 53.2 Å². The summed E-state index contributed by atoms with van der Waals surface area (Å²) in [5.74, 6) is 1.27. The first-order valence-corrected chi connectivity index (χ1v) is 11.9. The fraction of sp³-hybridized carbons (Fsp3) is 0.407. The Hall–Kier alpha value is -3.16. The topological polar surface area (TPSA) is 83.9 Å². The molecule has 2 aromatic carbocycles. The lowest BCUT2D eigenvalue weighted by Crippen LogP contribution is -2.74. The Bertz CT molecular complexity index is 1400. The molecule has 2 bridgehead atoms. The Morgan fingerprint density at radius 3 is 2.91 bits per heavy atom. The predicted octanol–water partition coefficient (Wildman–Crippen LogP) is 3.12. The van der Waals surface area contributed by atoms with Gasteiger partial charge in [0.25, 0.3) is 0 Å². The second-order valence-electron chi connectivity index (χ2n) is 10.2. The van der Waals surface area contributed by atoms with Gasteiger partial charge in [-0.05, 0) is 44.1 Å². The molecule has 34 heavy (non-hydrogen) atoms. The molecule has 2 unspecified atom stereocenters. The van der Waals surface area contributed by atoms with E-state index in [1.54, 1.807) is 7.11 Å². The average Bonchev–Trinajstić information content (AvgIpc) is 3.17. The zero-order valence-electron chi connectivity index (χ0n) is 19.5. The zero-order valence-corrected chi connectivity index (χ0v) is 19.5. The van der Waals surface area contributed by atoms with Crippen molar-refractivity contribution in [2.45, 2.75) is 49.3 Å². The normalized spacial score (nSPS) is 30.4. The number of pyridine rings is 1.